The number of nitrogens with zero attached hydrogens (tertiary/aromatic N) is 3. The molecule has 114 valence electrons. The normalized spacial score (nSPS) is 24.9. The Balaban J connectivity index is 0.00000161. The standard InChI is InChI=1S/C12H15N5O3.ClH/c1-20-7-2-6(9(18)10(7)19)3-17-5-16-8-11(13)14-4-15-12(8)17;/h2,4-5,7,9-10,18-19H,3H2,1H3,(H2,13,14,15);1H/t7-,9-,10+;/m0./s1. The van der Waals surface area contributed by atoms with Crippen LogP contribution in [0.4, 0.5) is 5.82 Å². The summed E-state index contributed by atoms with van der Waals surface area (Å²) in [5, 5.41) is 19.8. The van der Waals surface area contributed by atoms with Crippen LogP contribution in [0.1, 0.15) is 0 Å². The number of nitrogens with one attached hydrogen (secondary N) is 1. The molecule has 0 amide bonds. The summed E-state index contributed by atoms with van der Waals surface area (Å²) >= 11 is 0. The Morgan fingerprint density at radius 1 is 1.43 bits per heavy atom. The summed E-state index contributed by atoms with van der Waals surface area (Å²) < 4.78 is 6.90. The highest BCUT2D eigenvalue weighted by atomic mass is 35.5. The van der Waals surface area contributed by atoms with E-state index in [9.17, 15) is 10.2 Å². The molecule has 8 nitrogen and oxygen atoms in total. The van der Waals surface area contributed by atoms with Gasteiger partial charge in [-0.1, -0.05) is 4.98 Å². The third-order valence-electron chi connectivity index (χ3n) is 3.54. The number of fused-ring (bicyclic) bond motifs is 1. The number of hydrogen-bond acceptors (Lipinski definition) is 6. The highest BCUT2D eigenvalue weighted by Crippen LogP contribution is 2.22. The number of imidazole rings is 1. The van der Waals surface area contributed by atoms with Crippen LogP contribution >= 0.6 is 0 Å². The van der Waals surface area contributed by atoms with Crippen molar-refractivity contribution in [1.82, 2.24) is 15.0 Å². The molecule has 2 heterocycles. The second-order valence-electron chi connectivity index (χ2n) is 4.74. The summed E-state index contributed by atoms with van der Waals surface area (Å²) in [5.74, 6) is 0.365. The van der Waals surface area contributed by atoms with E-state index < -0.39 is 18.3 Å². The van der Waals surface area contributed by atoms with Gasteiger partial charge in [-0.3, -0.25) is 4.98 Å². The van der Waals surface area contributed by atoms with Gasteiger partial charge in [0, 0.05) is 7.11 Å². The van der Waals surface area contributed by atoms with Gasteiger partial charge in [-0.15, -0.1) is 0 Å². The lowest BCUT2D eigenvalue weighted by atomic mass is 10.1. The second-order valence-corrected chi connectivity index (χ2v) is 4.74. The Kier molecular flexibility index (Phi) is 4.43. The van der Waals surface area contributed by atoms with E-state index in [2.05, 4.69) is 15.0 Å². The van der Waals surface area contributed by atoms with Gasteiger partial charge in [-0.05, 0) is 11.6 Å². The van der Waals surface area contributed by atoms with E-state index in [1.54, 1.807) is 17.0 Å². The topological polar surface area (TPSA) is 121 Å². The maximum atomic E-state index is 10.0. The molecule has 0 spiro atoms. The first-order valence-corrected chi connectivity index (χ1v) is 6.18. The van der Waals surface area contributed by atoms with Gasteiger partial charge in [0.1, 0.15) is 18.3 Å². The molecule has 0 saturated carbocycles. The molecule has 0 aliphatic heterocycles. The zero-order valence-electron chi connectivity index (χ0n) is 11.3. The predicted octanol–water partition coefficient (Wildman–Crippen LogP) is -4.49. The van der Waals surface area contributed by atoms with Crippen molar-refractivity contribution >= 4 is 17.0 Å². The molecule has 2 aromatic rings. The Labute approximate surface area is 126 Å². The number of nitrogens with two attached hydrogens (primary N) is 1. The van der Waals surface area contributed by atoms with Crippen molar-refractivity contribution in [2.75, 3.05) is 12.8 Å². The van der Waals surface area contributed by atoms with Gasteiger partial charge < -0.3 is 33.1 Å². The molecule has 0 fully saturated rings. The minimum atomic E-state index is -0.948. The highest BCUT2D eigenvalue weighted by Gasteiger charge is 2.35. The van der Waals surface area contributed by atoms with Crippen LogP contribution in [0.5, 0.6) is 0 Å². The monoisotopic (exact) mass is 313 g/mol. The minimum Gasteiger partial charge on any atom is -1.00 e. The molecule has 0 saturated heterocycles. The lowest BCUT2D eigenvalue weighted by Gasteiger charge is -2.15. The number of methoxy groups -OCH3 is 1. The van der Waals surface area contributed by atoms with Crippen LogP contribution in [-0.2, 0) is 11.3 Å². The summed E-state index contributed by atoms with van der Waals surface area (Å²) in [5.41, 5.74) is 7.71. The molecule has 1 aliphatic carbocycles. The number of H-pyrrole nitrogens is 1. The van der Waals surface area contributed by atoms with Crippen LogP contribution in [0.15, 0.2) is 24.3 Å². The molecule has 1 aliphatic rings. The molecule has 9 heteroatoms. The van der Waals surface area contributed by atoms with Crippen molar-refractivity contribution in [3.05, 3.63) is 24.3 Å². The van der Waals surface area contributed by atoms with E-state index in [0.29, 0.717) is 29.1 Å². The molecular weight excluding hydrogens is 298 g/mol. The quantitative estimate of drug-likeness (QED) is 0.335. The fourth-order valence-electron chi connectivity index (χ4n) is 2.43. The Bertz CT molecular complexity index is 674. The van der Waals surface area contributed by atoms with Gasteiger partial charge >= 0.3 is 5.65 Å². The molecule has 0 aromatic carbocycles. The number of hydrogen-bond donors (Lipinski definition) is 4. The number of aliphatic hydroxyl groups excluding tert-OH is 2. The minimum absolute atomic E-state index is 0. The number of aromatic amines is 1. The number of halogens is 1. The molecule has 21 heavy (non-hydrogen) atoms. The van der Waals surface area contributed by atoms with Gasteiger partial charge in [0.25, 0.3) is 0 Å². The van der Waals surface area contributed by atoms with E-state index in [1.165, 1.54) is 13.4 Å². The van der Waals surface area contributed by atoms with Gasteiger partial charge in [0.15, 0.2) is 18.5 Å². The Hall–Kier alpha value is -1.74. The van der Waals surface area contributed by atoms with Gasteiger partial charge in [-0.25, -0.2) is 4.57 Å². The smallest absolute Gasteiger partial charge is 0.307 e. The maximum Gasteiger partial charge on any atom is 0.307 e. The summed E-state index contributed by atoms with van der Waals surface area (Å²) in [6, 6.07) is 0. The summed E-state index contributed by atoms with van der Waals surface area (Å²) in [4.78, 5) is 11.1. The summed E-state index contributed by atoms with van der Waals surface area (Å²) in [7, 11) is 1.49. The van der Waals surface area contributed by atoms with E-state index >= 15 is 0 Å². The lowest BCUT2D eigenvalue weighted by molar-refractivity contribution is -0.665. The highest BCUT2D eigenvalue weighted by molar-refractivity contribution is 5.77. The molecule has 2 aromatic heterocycles. The number of rotatable bonds is 3. The van der Waals surface area contributed by atoms with Crippen LogP contribution in [0.3, 0.4) is 0 Å². The molecule has 0 radical (unpaired) electrons. The lowest BCUT2D eigenvalue weighted by Crippen LogP contribution is -3.00. The molecular formula is C12H16ClN5O3. The van der Waals surface area contributed by atoms with Crippen LogP contribution in [-0.4, -0.2) is 50.6 Å². The first-order valence-electron chi connectivity index (χ1n) is 6.18. The van der Waals surface area contributed by atoms with Crippen molar-refractivity contribution in [2.45, 2.75) is 24.9 Å². The average Bonchev–Trinajstić information content (AvgIpc) is 2.97. The maximum absolute atomic E-state index is 10.0. The van der Waals surface area contributed by atoms with Gasteiger partial charge in [-0.2, -0.15) is 4.98 Å². The van der Waals surface area contributed by atoms with Crippen molar-refractivity contribution in [1.29, 1.82) is 0 Å². The molecule has 0 bridgehead atoms. The Morgan fingerprint density at radius 2 is 2.19 bits per heavy atom. The predicted molar refractivity (Wildman–Crippen MR) is 69.4 cm³/mol. The third kappa shape index (κ3) is 2.58. The SMILES string of the molecule is CO[C@H]1C=C(C[n+]2c[nH]c3c(N)ncnc32)[C@H](O)[C@@H]1O.[Cl-]. The van der Waals surface area contributed by atoms with E-state index in [0.717, 1.165) is 0 Å². The van der Waals surface area contributed by atoms with Crippen LogP contribution in [0, 0.1) is 0 Å². The van der Waals surface area contributed by atoms with Crippen LogP contribution < -0.4 is 22.7 Å². The average molecular weight is 314 g/mol. The number of nitrogen functional groups attached to an aromatic ring is 1. The fourth-order valence-corrected chi connectivity index (χ4v) is 2.43. The van der Waals surface area contributed by atoms with Crippen LogP contribution in [0.2, 0.25) is 0 Å². The summed E-state index contributed by atoms with van der Waals surface area (Å²) in [6.07, 6.45) is 2.43. The first-order chi connectivity index (χ1) is 9.61. The number of aromatic nitrogens is 4. The van der Waals surface area contributed by atoms with Crippen molar-refractivity contribution in [3.8, 4) is 0 Å². The van der Waals surface area contributed by atoms with Crippen molar-refractivity contribution in [3.63, 3.8) is 0 Å². The summed E-state index contributed by atoms with van der Waals surface area (Å²) in [6.45, 7) is 0.383. The molecule has 3 atom stereocenters. The third-order valence-corrected chi connectivity index (χ3v) is 3.54. The molecule has 5 N–H and O–H groups in total. The van der Waals surface area contributed by atoms with Gasteiger partial charge in [0.05, 0.1) is 6.54 Å². The molecule has 3 rings (SSSR count). The number of ether oxygens (including phenoxy) is 1. The first kappa shape index (κ1) is 15.6. The largest absolute Gasteiger partial charge is 1.00 e. The molecule has 0 unspecified atom stereocenters. The fraction of sp³-hybridized carbons (Fsp3) is 0.417. The zero-order chi connectivity index (χ0) is 14.3. The van der Waals surface area contributed by atoms with Crippen LogP contribution in [0.25, 0.3) is 11.2 Å². The van der Waals surface area contributed by atoms with E-state index in [4.69, 9.17) is 10.5 Å². The van der Waals surface area contributed by atoms with E-state index in [1.807, 2.05) is 0 Å². The second kappa shape index (κ2) is 5.94. The van der Waals surface area contributed by atoms with Crippen molar-refractivity contribution < 1.29 is 31.9 Å². The van der Waals surface area contributed by atoms with E-state index in [-0.39, 0.29) is 12.4 Å². The van der Waals surface area contributed by atoms with Gasteiger partial charge in [0.2, 0.25) is 5.52 Å². The van der Waals surface area contributed by atoms with Crippen molar-refractivity contribution in [2.24, 2.45) is 0 Å². The zero-order valence-corrected chi connectivity index (χ0v) is 12.0. The number of aliphatic hydroxyl groups is 2. The number of anilines is 1. The Morgan fingerprint density at radius 3 is 2.86 bits per heavy atom.